The van der Waals surface area contributed by atoms with E-state index in [0.29, 0.717) is 17.4 Å². The van der Waals surface area contributed by atoms with Crippen LogP contribution < -0.4 is 10.1 Å². The number of rotatable bonds is 9. The van der Waals surface area contributed by atoms with Crippen molar-refractivity contribution in [2.45, 2.75) is 44.7 Å². The van der Waals surface area contributed by atoms with Gasteiger partial charge in [0.2, 0.25) is 10.0 Å². The first kappa shape index (κ1) is 26.2. The average molecular weight is 488 g/mol. The van der Waals surface area contributed by atoms with Crippen molar-refractivity contribution in [1.29, 1.82) is 0 Å². The molecule has 0 aromatic heterocycles. The second kappa shape index (κ2) is 11.3. The Morgan fingerprint density at radius 3 is 2.41 bits per heavy atom. The lowest BCUT2D eigenvalue weighted by atomic mass is 9.92. The van der Waals surface area contributed by atoms with Crippen LogP contribution in [0.25, 0.3) is 0 Å². The molecule has 0 aliphatic carbocycles. The number of methoxy groups -OCH3 is 1. The number of nitrogens with zero attached hydrogens (tertiary/aromatic N) is 2. The van der Waals surface area contributed by atoms with Gasteiger partial charge in [0, 0.05) is 44.8 Å². The van der Waals surface area contributed by atoms with E-state index in [4.69, 9.17) is 4.74 Å². The van der Waals surface area contributed by atoms with Crippen LogP contribution in [0, 0.1) is 11.8 Å². The molecule has 0 radical (unpaired) electrons. The molecule has 2 aromatic rings. The zero-order valence-electron chi connectivity index (χ0n) is 20.8. The highest BCUT2D eigenvalue weighted by atomic mass is 32.2. The molecule has 34 heavy (non-hydrogen) atoms. The van der Waals surface area contributed by atoms with Crippen LogP contribution in [-0.2, 0) is 16.6 Å². The summed E-state index contributed by atoms with van der Waals surface area (Å²) < 4.78 is 33.3. The molecule has 1 aliphatic rings. The second-order valence-corrected chi connectivity index (χ2v) is 11.7. The Morgan fingerprint density at radius 2 is 1.79 bits per heavy atom. The van der Waals surface area contributed by atoms with Gasteiger partial charge in [-0.15, -0.1) is 0 Å². The van der Waals surface area contributed by atoms with Gasteiger partial charge in [0.05, 0.1) is 7.11 Å². The van der Waals surface area contributed by atoms with Crippen molar-refractivity contribution in [2.24, 2.45) is 11.8 Å². The molecule has 3 rings (SSSR count). The molecule has 0 bridgehead atoms. The third-order valence-corrected chi connectivity index (χ3v) is 8.04. The van der Waals surface area contributed by atoms with Gasteiger partial charge in [-0.1, -0.05) is 44.2 Å². The number of carbonyl (C=O) groups excluding carboxylic acids is 1. The summed E-state index contributed by atoms with van der Waals surface area (Å²) in [5, 5.41) is 3.03. The van der Waals surface area contributed by atoms with E-state index in [-0.39, 0.29) is 29.1 Å². The number of benzene rings is 2. The summed E-state index contributed by atoms with van der Waals surface area (Å²) in [6.45, 7) is 9.55. The fourth-order valence-corrected chi connectivity index (χ4v) is 6.13. The first-order valence-corrected chi connectivity index (χ1v) is 13.3. The number of amides is 1. The second-order valence-electron chi connectivity index (χ2n) is 9.65. The average Bonchev–Trinajstić information content (AvgIpc) is 2.78. The maximum atomic E-state index is 13.3. The number of likely N-dealkylation sites (tertiary alicyclic amines) is 1. The lowest BCUT2D eigenvalue weighted by molar-refractivity contribution is 0.0904. The minimum Gasteiger partial charge on any atom is -0.495 e. The molecular formula is C26H37N3O4S. The Balaban J connectivity index is 1.74. The molecule has 0 saturated carbocycles. The zero-order chi connectivity index (χ0) is 24.9. The Hall–Kier alpha value is -2.42. The van der Waals surface area contributed by atoms with Crippen LogP contribution >= 0.6 is 0 Å². The number of piperidine rings is 1. The molecule has 1 saturated heterocycles. The highest BCUT2D eigenvalue weighted by Gasteiger charge is 2.27. The van der Waals surface area contributed by atoms with Gasteiger partial charge in [-0.05, 0) is 48.9 Å². The molecule has 8 heteroatoms. The van der Waals surface area contributed by atoms with E-state index < -0.39 is 10.0 Å². The van der Waals surface area contributed by atoms with E-state index in [1.807, 2.05) is 37.3 Å². The molecule has 2 aromatic carbocycles. The predicted molar refractivity (Wildman–Crippen MR) is 134 cm³/mol. The van der Waals surface area contributed by atoms with Crippen molar-refractivity contribution in [3.8, 4) is 5.75 Å². The number of hydrogen-bond acceptors (Lipinski definition) is 5. The van der Waals surface area contributed by atoms with Crippen molar-refractivity contribution in [1.82, 2.24) is 14.5 Å². The number of sulfonamides is 1. The smallest absolute Gasteiger partial charge is 0.251 e. The van der Waals surface area contributed by atoms with Crippen molar-refractivity contribution in [3.05, 3.63) is 59.7 Å². The van der Waals surface area contributed by atoms with Crippen LogP contribution in [-0.4, -0.2) is 63.4 Å². The standard InChI is InChI=1S/C26H37N3O4S/c1-19-13-20(2)16-29(15-19)17-21(3)27-26(30)23-11-12-24(33-5)25(14-23)34(31,32)28(4)18-22-9-7-6-8-10-22/h6-12,14,19-21H,13,15-18H2,1-5H3,(H,27,30). The number of ether oxygens (including phenoxy) is 1. The van der Waals surface area contributed by atoms with Crippen molar-refractivity contribution in [3.63, 3.8) is 0 Å². The maximum absolute atomic E-state index is 13.3. The summed E-state index contributed by atoms with van der Waals surface area (Å²) in [5.74, 6) is 1.21. The highest BCUT2D eigenvalue weighted by molar-refractivity contribution is 7.89. The van der Waals surface area contributed by atoms with Crippen LogP contribution in [0.1, 0.15) is 43.1 Å². The summed E-state index contributed by atoms with van der Waals surface area (Å²) in [6, 6.07) is 13.9. The minimum atomic E-state index is -3.88. The summed E-state index contributed by atoms with van der Waals surface area (Å²) in [7, 11) is -0.930. The minimum absolute atomic E-state index is 0.0209. The molecule has 3 atom stereocenters. The number of nitrogens with one attached hydrogen (secondary N) is 1. The summed E-state index contributed by atoms with van der Waals surface area (Å²) in [6.07, 6.45) is 1.24. The first-order chi connectivity index (χ1) is 16.1. The van der Waals surface area contributed by atoms with Crippen molar-refractivity contribution < 1.29 is 17.9 Å². The number of carbonyl (C=O) groups is 1. The van der Waals surface area contributed by atoms with Gasteiger partial charge >= 0.3 is 0 Å². The monoisotopic (exact) mass is 487 g/mol. The zero-order valence-corrected chi connectivity index (χ0v) is 21.6. The quantitative estimate of drug-likeness (QED) is 0.585. The fraction of sp³-hybridized carbons (Fsp3) is 0.500. The van der Waals surface area contributed by atoms with Crippen LogP contribution in [0.2, 0.25) is 0 Å². The van der Waals surface area contributed by atoms with E-state index >= 15 is 0 Å². The number of hydrogen-bond donors (Lipinski definition) is 1. The SMILES string of the molecule is COc1ccc(C(=O)NC(C)CN2CC(C)CC(C)C2)cc1S(=O)(=O)N(C)Cc1ccccc1. The van der Waals surface area contributed by atoms with Crippen molar-refractivity contribution >= 4 is 15.9 Å². The summed E-state index contributed by atoms with van der Waals surface area (Å²) in [4.78, 5) is 15.4. The molecule has 0 spiro atoms. The Labute approximate surface area is 204 Å². The van der Waals surface area contributed by atoms with Gasteiger partial charge in [0.15, 0.2) is 0 Å². The molecular weight excluding hydrogens is 450 g/mol. The maximum Gasteiger partial charge on any atom is 0.251 e. The molecule has 1 fully saturated rings. The predicted octanol–water partition coefficient (Wildman–Crippen LogP) is 3.61. The van der Waals surface area contributed by atoms with Crippen molar-refractivity contribution in [2.75, 3.05) is 33.8 Å². The third-order valence-electron chi connectivity index (χ3n) is 6.22. The van der Waals surface area contributed by atoms with Crippen LogP contribution in [0.4, 0.5) is 0 Å². The molecule has 1 aliphatic heterocycles. The third kappa shape index (κ3) is 6.58. The Morgan fingerprint density at radius 1 is 1.15 bits per heavy atom. The molecule has 1 heterocycles. The Kier molecular flexibility index (Phi) is 8.73. The fourth-order valence-electron chi connectivity index (χ4n) is 4.79. The van der Waals surface area contributed by atoms with Gasteiger partial charge in [0.1, 0.15) is 10.6 Å². The Bertz CT molecular complexity index is 1060. The van der Waals surface area contributed by atoms with Gasteiger partial charge in [-0.25, -0.2) is 8.42 Å². The van der Waals surface area contributed by atoms with Gasteiger partial charge < -0.3 is 15.0 Å². The topological polar surface area (TPSA) is 79.0 Å². The summed E-state index contributed by atoms with van der Waals surface area (Å²) in [5.41, 5.74) is 1.16. The molecule has 186 valence electrons. The van der Waals surface area contributed by atoms with E-state index in [9.17, 15) is 13.2 Å². The van der Waals surface area contributed by atoms with Crippen LogP contribution in [0.15, 0.2) is 53.4 Å². The molecule has 1 amide bonds. The van der Waals surface area contributed by atoms with Crippen LogP contribution in [0.3, 0.4) is 0 Å². The van der Waals surface area contributed by atoms with Gasteiger partial charge in [-0.2, -0.15) is 4.31 Å². The van der Waals surface area contributed by atoms with E-state index in [2.05, 4.69) is 24.1 Å². The van der Waals surface area contributed by atoms with E-state index in [0.717, 1.165) is 25.2 Å². The van der Waals surface area contributed by atoms with Gasteiger partial charge in [-0.3, -0.25) is 4.79 Å². The van der Waals surface area contributed by atoms with Gasteiger partial charge in [0.25, 0.3) is 5.91 Å². The van der Waals surface area contributed by atoms with Crippen LogP contribution in [0.5, 0.6) is 5.75 Å². The summed E-state index contributed by atoms with van der Waals surface area (Å²) >= 11 is 0. The molecule has 3 unspecified atom stereocenters. The lowest BCUT2D eigenvalue weighted by Gasteiger charge is -2.36. The normalized spacial score (nSPS) is 20.2. The van der Waals surface area contributed by atoms with E-state index in [1.165, 1.54) is 37.0 Å². The molecule has 1 N–H and O–H groups in total. The lowest BCUT2D eigenvalue weighted by Crippen LogP contribution is -2.47. The largest absolute Gasteiger partial charge is 0.495 e. The first-order valence-electron chi connectivity index (χ1n) is 11.8. The molecule has 7 nitrogen and oxygen atoms in total. The highest BCUT2D eigenvalue weighted by Crippen LogP contribution is 2.28. The van der Waals surface area contributed by atoms with E-state index in [1.54, 1.807) is 6.07 Å².